The number of nitrogens with zero attached hydrogens (tertiary/aromatic N) is 1. The molecule has 0 spiro atoms. The van der Waals surface area contributed by atoms with E-state index in [9.17, 15) is 9.90 Å². The van der Waals surface area contributed by atoms with Gasteiger partial charge < -0.3 is 9.52 Å². The van der Waals surface area contributed by atoms with Gasteiger partial charge in [-0.05, 0) is 24.3 Å². The van der Waals surface area contributed by atoms with Crippen molar-refractivity contribution in [3.05, 3.63) is 74.7 Å². The Hall–Kier alpha value is -2.40. The second-order valence-electron chi connectivity index (χ2n) is 4.39. The van der Waals surface area contributed by atoms with Crippen molar-refractivity contribution in [3.63, 3.8) is 0 Å². The molecule has 0 saturated carbocycles. The minimum Gasteiger partial charge on any atom is -0.507 e. The first-order chi connectivity index (χ1) is 10.1. The molecule has 3 aromatic rings. The van der Waals surface area contributed by atoms with Crippen LogP contribution in [0.2, 0.25) is 0 Å². The standard InChI is InChI=1S/C16H10BrNO3/c17-11-7-5-10(6-8-11)14(19)9-13-16(20)21-15-4-2-1-3-12(15)18-13/h1-9,19H/b14-9+. The Morgan fingerprint density at radius 3 is 2.62 bits per heavy atom. The first-order valence-electron chi connectivity index (χ1n) is 6.20. The van der Waals surface area contributed by atoms with Crippen molar-refractivity contribution < 1.29 is 9.52 Å². The zero-order chi connectivity index (χ0) is 14.8. The maximum atomic E-state index is 11.9. The zero-order valence-electron chi connectivity index (χ0n) is 10.8. The highest BCUT2D eigenvalue weighted by Crippen LogP contribution is 2.18. The summed E-state index contributed by atoms with van der Waals surface area (Å²) in [6.07, 6.45) is 1.31. The SMILES string of the molecule is O=c1oc2ccccc2nc1/C=C(/O)c1ccc(Br)cc1. The van der Waals surface area contributed by atoms with Crippen LogP contribution < -0.4 is 5.63 Å². The molecule has 1 N–H and O–H groups in total. The summed E-state index contributed by atoms with van der Waals surface area (Å²) in [7, 11) is 0. The molecule has 0 aliphatic heterocycles. The van der Waals surface area contributed by atoms with Crippen molar-refractivity contribution in [3.8, 4) is 0 Å². The Morgan fingerprint density at radius 1 is 1.14 bits per heavy atom. The molecule has 21 heavy (non-hydrogen) atoms. The lowest BCUT2D eigenvalue weighted by Crippen LogP contribution is -2.06. The largest absolute Gasteiger partial charge is 0.507 e. The molecule has 2 aromatic carbocycles. The van der Waals surface area contributed by atoms with Crippen LogP contribution in [0.3, 0.4) is 0 Å². The Kier molecular flexibility index (Phi) is 3.58. The Morgan fingerprint density at radius 2 is 1.86 bits per heavy atom. The molecule has 1 heterocycles. The van der Waals surface area contributed by atoms with Gasteiger partial charge in [-0.15, -0.1) is 0 Å². The highest BCUT2D eigenvalue weighted by atomic mass is 79.9. The monoisotopic (exact) mass is 343 g/mol. The van der Waals surface area contributed by atoms with Gasteiger partial charge in [-0.2, -0.15) is 0 Å². The molecular formula is C16H10BrNO3. The molecule has 104 valence electrons. The Labute approximate surface area is 128 Å². The Balaban J connectivity index is 2.07. The van der Waals surface area contributed by atoms with E-state index in [0.29, 0.717) is 16.7 Å². The summed E-state index contributed by atoms with van der Waals surface area (Å²) in [5.41, 5.74) is 1.05. The van der Waals surface area contributed by atoms with Crippen molar-refractivity contribution in [2.45, 2.75) is 0 Å². The van der Waals surface area contributed by atoms with Gasteiger partial charge >= 0.3 is 5.63 Å². The van der Waals surface area contributed by atoms with E-state index in [2.05, 4.69) is 20.9 Å². The number of para-hydroxylation sites is 2. The normalized spacial score (nSPS) is 11.8. The third-order valence-corrected chi connectivity index (χ3v) is 3.46. The van der Waals surface area contributed by atoms with E-state index >= 15 is 0 Å². The number of aromatic nitrogens is 1. The molecular weight excluding hydrogens is 334 g/mol. The van der Waals surface area contributed by atoms with E-state index in [0.717, 1.165) is 4.47 Å². The van der Waals surface area contributed by atoms with Crippen molar-refractivity contribution in [2.24, 2.45) is 0 Å². The summed E-state index contributed by atoms with van der Waals surface area (Å²) >= 11 is 3.32. The zero-order valence-corrected chi connectivity index (χ0v) is 12.4. The van der Waals surface area contributed by atoms with Gasteiger partial charge in [0, 0.05) is 16.1 Å². The second kappa shape index (κ2) is 5.54. The number of fused-ring (bicyclic) bond motifs is 1. The fraction of sp³-hybridized carbons (Fsp3) is 0. The van der Waals surface area contributed by atoms with Crippen LogP contribution in [-0.2, 0) is 0 Å². The van der Waals surface area contributed by atoms with Gasteiger partial charge in [-0.3, -0.25) is 0 Å². The minimum absolute atomic E-state index is 0.0439. The predicted molar refractivity (Wildman–Crippen MR) is 84.9 cm³/mol. The molecule has 0 amide bonds. The van der Waals surface area contributed by atoms with Crippen LogP contribution in [0.25, 0.3) is 22.9 Å². The summed E-state index contributed by atoms with van der Waals surface area (Å²) in [4.78, 5) is 16.1. The van der Waals surface area contributed by atoms with E-state index in [-0.39, 0.29) is 11.5 Å². The van der Waals surface area contributed by atoms with Crippen molar-refractivity contribution in [1.82, 2.24) is 4.98 Å². The van der Waals surface area contributed by atoms with E-state index in [1.807, 2.05) is 0 Å². The lowest BCUT2D eigenvalue weighted by Gasteiger charge is -2.01. The molecule has 0 unspecified atom stereocenters. The average Bonchev–Trinajstić information content (AvgIpc) is 2.48. The molecule has 4 nitrogen and oxygen atoms in total. The molecule has 0 radical (unpaired) electrons. The molecule has 0 fully saturated rings. The summed E-state index contributed by atoms with van der Waals surface area (Å²) in [5.74, 6) is -0.0439. The van der Waals surface area contributed by atoms with Crippen LogP contribution >= 0.6 is 15.9 Å². The van der Waals surface area contributed by atoms with Crippen molar-refractivity contribution in [2.75, 3.05) is 0 Å². The van der Waals surface area contributed by atoms with E-state index < -0.39 is 5.63 Å². The number of aliphatic hydroxyl groups is 1. The first-order valence-corrected chi connectivity index (χ1v) is 6.99. The third kappa shape index (κ3) is 2.87. The second-order valence-corrected chi connectivity index (χ2v) is 5.31. The smallest absolute Gasteiger partial charge is 0.362 e. The predicted octanol–water partition coefficient (Wildman–Crippen LogP) is 4.01. The fourth-order valence-corrected chi connectivity index (χ4v) is 2.15. The molecule has 1 aromatic heterocycles. The van der Waals surface area contributed by atoms with Gasteiger partial charge in [-0.1, -0.05) is 40.2 Å². The van der Waals surface area contributed by atoms with Gasteiger partial charge in [0.2, 0.25) is 0 Å². The maximum Gasteiger partial charge on any atom is 0.362 e. The van der Waals surface area contributed by atoms with Gasteiger partial charge in [-0.25, -0.2) is 9.78 Å². The lowest BCUT2D eigenvalue weighted by molar-refractivity contribution is 0.514. The Bertz CT molecular complexity index is 882. The number of benzene rings is 2. The number of hydrogen-bond acceptors (Lipinski definition) is 4. The average molecular weight is 344 g/mol. The van der Waals surface area contributed by atoms with Gasteiger partial charge in [0.1, 0.15) is 11.3 Å². The number of hydrogen-bond donors (Lipinski definition) is 1. The van der Waals surface area contributed by atoms with Crippen LogP contribution in [0, 0.1) is 0 Å². The number of halogens is 1. The van der Waals surface area contributed by atoms with Gasteiger partial charge in [0.15, 0.2) is 11.3 Å². The molecule has 0 aliphatic carbocycles. The van der Waals surface area contributed by atoms with Crippen LogP contribution in [0.4, 0.5) is 0 Å². The highest BCUT2D eigenvalue weighted by molar-refractivity contribution is 9.10. The number of rotatable bonds is 2. The summed E-state index contributed by atoms with van der Waals surface area (Å²) in [5, 5.41) is 10.1. The molecule has 0 saturated heterocycles. The maximum absolute atomic E-state index is 11.9. The van der Waals surface area contributed by atoms with Crippen molar-refractivity contribution >= 4 is 38.9 Å². The van der Waals surface area contributed by atoms with E-state index in [4.69, 9.17) is 4.42 Å². The molecule has 0 atom stereocenters. The fourth-order valence-electron chi connectivity index (χ4n) is 1.89. The first kappa shape index (κ1) is 13.6. The lowest BCUT2D eigenvalue weighted by atomic mass is 10.1. The van der Waals surface area contributed by atoms with Crippen molar-refractivity contribution in [1.29, 1.82) is 0 Å². The molecule has 0 aliphatic rings. The molecule has 0 bridgehead atoms. The quantitative estimate of drug-likeness (QED) is 0.714. The van der Waals surface area contributed by atoms with Crippen LogP contribution in [0.5, 0.6) is 0 Å². The molecule has 3 rings (SSSR count). The third-order valence-electron chi connectivity index (χ3n) is 2.93. The highest BCUT2D eigenvalue weighted by Gasteiger charge is 2.07. The summed E-state index contributed by atoms with van der Waals surface area (Å²) < 4.78 is 6.07. The van der Waals surface area contributed by atoms with E-state index in [1.165, 1.54) is 6.08 Å². The molecule has 5 heteroatoms. The van der Waals surface area contributed by atoms with Crippen LogP contribution in [0.1, 0.15) is 11.3 Å². The summed E-state index contributed by atoms with van der Waals surface area (Å²) in [6.45, 7) is 0. The minimum atomic E-state index is -0.586. The van der Waals surface area contributed by atoms with E-state index in [1.54, 1.807) is 48.5 Å². The summed E-state index contributed by atoms with van der Waals surface area (Å²) in [6, 6.07) is 14.1. The van der Waals surface area contributed by atoms with Crippen LogP contribution in [-0.4, -0.2) is 10.1 Å². The number of aliphatic hydroxyl groups excluding tert-OH is 1. The topological polar surface area (TPSA) is 63.3 Å². The van der Waals surface area contributed by atoms with Crippen LogP contribution in [0.15, 0.2) is 62.2 Å². The van der Waals surface area contributed by atoms with Gasteiger partial charge in [0.25, 0.3) is 0 Å². The van der Waals surface area contributed by atoms with Gasteiger partial charge in [0.05, 0.1) is 0 Å².